The van der Waals surface area contributed by atoms with Crippen molar-refractivity contribution < 1.29 is 4.79 Å². The van der Waals surface area contributed by atoms with Gasteiger partial charge in [0.05, 0.1) is 12.2 Å². The minimum Gasteiger partial charge on any atom is -0.324 e. The number of hydrogen-bond acceptors (Lipinski definition) is 3. The molecular formula is C12H15N3O. The van der Waals surface area contributed by atoms with E-state index in [4.69, 9.17) is 5.73 Å². The van der Waals surface area contributed by atoms with Gasteiger partial charge in [-0.05, 0) is 18.1 Å². The van der Waals surface area contributed by atoms with Gasteiger partial charge in [-0.3, -0.25) is 4.79 Å². The highest BCUT2D eigenvalue weighted by atomic mass is 16.1. The number of hydrogen-bond donors (Lipinski definition) is 1. The highest BCUT2D eigenvalue weighted by Gasteiger charge is 2.19. The number of carbonyl (C=O) groups is 1. The van der Waals surface area contributed by atoms with Crippen molar-refractivity contribution in [1.29, 1.82) is 0 Å². The highest BCUT2D eigenvalue weighted by molar-refractivity contribution is 5.97. The molecule has 0 aromatic carbocycles. The standard InChI is InChI=1S/C12H15N3O/c1-8(2)12-11(9(16)7-13)14-10-5-3-4-6-15(10)12/h3-6,8H,7,13H2,1-2H3. The number of fused-ring (bicyclic) bond motifs is 1. The Balaban J connectivity index is 2.73. The molecule has 0 atom stereocenters. The monoisotopic (exact) mass is 217 g/mol. The zero-order valence-corrected chi connectivity index (χ0v) is 9.47. The highest BCUT2D eigenvalue weighted by Crippen LogP contribution is 2.21. The fraction of sp³-hybridized carbons (Fsp3) is 0.333. The number of Topliss-reactive ketones (excluding diaryl/α,β-unsaturated/α-hetero) is 1. The first kappa shape index (κ1) is 10.8. The number of aromatic nitrogens is 2. The van der Waals surface area contributed by atoms with Crippen LogP contribution in [0.2, 0.25) is 0 Å². The molecule has 0 aliphatic carbocycles. The third-order valence-corrected chi connectivity index (χ3v) is 2.56. The predicted molar refractivity (Wildman–Crippen MR) is 62.7 cm³/mol. The number of ketones is 1. The molecule has 0 spiro atoms. The molecule has 2 aromatic rings. The Bertz CT molecular complexity index is 528. The second kappa shape index (κ2) is 4.06. The van der Waals surface area contributed by atoms with Gasteiger partial charge in [0.1, 0.15) is 11.3 Å². The molecule has 4 nitrogen and oxygen atoms in total. The van der Waals surface area contributed by atoms with Crippen molar-refractivity contribution in [2.45, 2.75) is 19.8 Å². The van der Waals surface area contributed by atoms with E-state index in [2.05, 4.69) is 4.98 Å². The summed E-state index contributed by atoms with van der Waals surface area (Å²) < 4.78 is 1.95. The minimum atomic E-state index is -0.104. The summed E-state index contributed by atoms with van der Waals surface area (Å²) in [5.74, 6) is 0.135. The summed E-state index contributed by atoms with van der Waals surface area (Å²) in [5.41, 5.74) is 7.63. The maximum Gasteiger partial charge on any atom is 0.196 e. The molecule has 4 heteroatoms. The van der Waals surface area contributed by atoms with Crippen LogP contribution in [0, 0.1) is 0 Å². The third-order valence-electron chi connectivity index (χ3n) is 2.56. The lowest BCUT2D eigenvalue weighted by molar-refractivity contribution is 0.0996. The van der Waals surface area contributed by atoms with Crippen molar-refractivity contribution >= 4 is 11.4 Å². The van der Waals surface area contributed by atoms with Crippen LogP contribution < -0.4 is 5.73 Å². The van der Waals surface area contributed by atoms with E-state index < -0.39 is 0 Å². The van der Waals surface area contributed by atoms with Crippen LogP contribution in [0.5, 0.6) is 0 Å². The quantitative estimate of drug-likeness (QED) is 0.794. The first-order chi connectivity index (χ1) is 7.65. The van der Waals surface area contributed by atoms with Crippen molar-refractivity contribution in [1.82, 2.24) is 9.38 Å². The summed E-state index contributed by atoms with van der Waals surface area (Å²) in [6.45, 7) is 4.09. The number of pyridine rings is 1. The van der Waals surface area contributed by atoms with Crippen molar-refractivity contribution in [2.75, 3.05) is 6.54 Å². The molecule has 0 saturated carbocycles. The van der Waals surface area contributed by atoms with E-state index in [9.17, 15) is 4.79 Å². The molecule has 0 unspecified atom stereocenters. The molecule has 0 aliphatic rings. The van der Waals surface area contributed by atoms with E-state index in [0.29, 0.717) is 5.69 Å². The molecule has 2 heterocycles. The van der Waals surface area contributed by atoms with Crippen LogP contribution >= 0.6 is 0 Å². The van der Waals surface area contributed by atoms with Gasteiger partial charge in [0, 0.05) is 6.20 Å². The average Bonchev–Trinajstić information content (AvgIpc) is 2.67. The molecule has 2 aromatic heterocycles. The largest absolute Gasteiger partial charge is 0.324 e. The smallest absolute Gasteiger partial charge is 0.196 e. The number of imidazole rings is 1. The van der Waals surface area contributed by atoms with E-state index in [1.165, 1.54) is 0 Å². The minimum absolute atomic E-state index is 0.00357. The summed E-state index contributed by atoms with van der Waals surface area (Å²) in [7, 11) is 0. The maximum atomic E-state index is 11.7. The number of rotatable bonds is 3. The van der Waals surface area contributed by atoms with Crippen molar-refractivity contribution in [3.63, 3.8) is 0 Å². The van der Waals surface area contributed by atoms with Crippen LogP contribution in [0.3, 0.4) is 0 Å². The van der Waals surface area contributed by atoms with Gasteiger partial charge in [0.15, 0.2) is 5.78 Å². The normalized spacial score (nSPS) is 11.2. The maximum absolute atomic E-state index is 11.7. The Labute approximate surface area is 94.1 Å². The van der Waals surface area contributed by atoms with E-state index >= 15 is 0 Å². The molecule has 84 valence electrons. The molecule has 0 saturated heterocycles. The molecule has 0 aliphatic heterocycles. The van der Waals surface area contributed by atoms with Crippen LogP contribution in [-0.2, 0) is 0 Å². The molecule has 0 amide bonds. The van der Waals surface area contributed by atoms with Crippen molar-refractivity contribution in [2.24, 2.45) is 5.73 Å². The molecule has 0 bridgehead atoms. The molecule has 0 radical (unpaired) electrons. The van der Waals surface area contributed by atoms with Gasteiger partial charge in [0.2, 0.25) is 0 Å². The first-order valence-electron chi connectivity index (χ1n) is 5.35. The molecule has 2 N–H and O–H groups in total. The van der Waals surface area contributed by atoms with E-state index in [1.54, 1.807) is 0 Å². The van der Waals surface area contributed by atoms with E-state index in [-0.39, 0.29) is 18.2 Å². The van der Waals surface area contributed by atoms with Crippen LogP contribution in [0.25, 0.3) is 5.65 Å². The average molecular weight is 217 g/mol. The Morgan fingerprint density at radius 3 is 2.88 bits per heavy atom. The summed E-state index contributed by atoms with van der Waals surface area (Å²) in [6, 6.07) is 5.72. The third kappa shape index (κ3) is 1.61. The Morgan fingerprint density at radius 1 is 1.50 bits per heavy atom. The first-order valence-corrected chi connectivity index (χ1v) is 5.35. The van der Waals surface area contributed by atoms with Crippen LogP contribution in [0.1, 0.15) is 35.9 Å². The zero-order chi connectivity index (χ0) is 11.7. The van der Waals surface area contributed by atoms with E-state index in [0.717, 1.165) is 11.3 Å². The summed E-state index contributed by atoms with van der Waals surface area (Å²) in [6.07, 6.45) is 1.92. The Morgan fingerprint density at radius 2 is 2.25 bits per heavy atom. The summed E-state index contributed by atoms with van der Waals surface area (Å²) in [5, 5.41) is 0. The Kier molecular flexibility index (Phi) is 2.75. The lowest BCUT2D eigenvalue weighted by Gasteiger charge is -2.06. The van der Waals surface area contributed by atoms with Gasteiger partial charge < -0.3 is 10.1 Å². The lowest BCUT2D eigenvalue weighted by atomic mass is 10.1. The van der Waals surface area contributed by atoms with E-state index in [1.807, 2.05) is 42.6 Å². The summed E-state index contributed by atoms with van der Waals surface area (Å²) >= 11 is 0. The van der Waals surface area contributed by atoms with Crippen LogP contribution in [0.15, 0.2) is 24.4 Å². The fourth-order valence-electron chi connectivity index (χ4n) is 1.87. The van der Waals surface area contributed by atoms with Gasteiger partial charge in [-0.15, -0.1) is 0 Å². The van der Waals surface area contributed by atoms with Gasteiger partial charge in [0.25, 0.3) is 0 Å². The van der Waals surface area contributed by atoms with Gasteiger partial charge >= 0.3 is 0 Å². The van der Waals surface area contributed by atoms with Crippen LogP contribution in [0.4, 0.5) is 0 Å². The summed E-state index contributed by atoms with van der Waals surface area (Å²) in [4.78, 5) is 16.0. The topological polar surface area (TPSA) is 60.4 Å². The molecule has 2 rings (SSSR count). The van der Waals surface area contributed by atoms with Gasteiger partial charge in [-0.2, -0.15) is 0 Å². The second-order valence-electron chi connectivity index (χ2n) is 4.06. The van der Waals surface area contributed by atoms with Crippen LogP contribution in [-0.4, -0.2) is 21.7 Å². The number of nitrogens with two attached hydrogens (primary N) is 1. The van der Waals surface area contributed by atoms with Gasteiger partial charge in [-0.25, -0.2) is 4.98 Å². The molecular weight excluding hydrogens is 202 g/mol. The Hall–Kier alpha value is -1.68. The predicted octanol–water partition coefficient (Wildman–Crippen LogP) is 1.60. The zero-order valence-electron chi connectivity index (χ0n) is 9.47. The fourth-order valence-corrected chi connectivity index (χ4v) is 1.87. The molecule has 0 fully saturated rings. The molecule has 16 heavy (non-hydrogen) atoms. The number of nitrogens with zero attached hydrogens (tertiary/aromatic N) is 2. The van der Waals surface area contributed by atoms with Crippen molar-refractivity contribution in [3.8, 4) is 0 Å². The second-order valence-corrected chi connectivity index (χ2v) is 4.06. The van der Waals surface area contributed by atoms with Crippen molar-refractivity contribution in [3.05, 3.63) is 35.8 Å². The number of carbonyl (C=O) groups excluding carboxylic acids is 1. The SMILES string of the molecule is CC(C)c1c(C(=O)CN)nc2ccccn12. The lowest BCUT2D eigenvalue weighted by Crippen LogP contribution is -2.16. The van der Waals surface area contributed by atoms with Gasteiger partial charge in [-0.1, -0.05) is 19.9 Å².